The first-order chi connectivity index (χ1) is 6.07. The van der Waals surface area contributed by atoms with Crippen LogP contribution in [-0.4, -0.2) is 49.1 Å². The maximum Gasteiger partial charge on any atom is 0.0189 e. The summed E-state index contributed by atoms with van der Waals surface area (Å²) in [5.41, 5.74) is 0. The van der Waals surface area contributed by atoms with E-state index in [2.05, 4.69) is 44.3 Å². The fourth-order valence-electron chi connectivity index (χ4n) is 1.02. The summed E-state index contributed by atoms with van der Waals surface area (Å²) >= 11 is 1.91. The molecule has 0 spiro atoms. The van der Waals surface area contributed by atoms with Gasteiger partial charge in [-0.1, -0.05) is 13.8 Å². The van der Waals surface area contributed by atoms with Gasteiger partial charge in [-0.3, -0.25) is 0 Å². The van der Waals surface area contributed by atoms with Gasteiger partial charge in [0.1, 0.15) is 0 Å². The Morgan fingerprint density at radius 3 is 2.38 bits per heavy atom. The van der Waals surface area contributed by atoms with Crippen molar-refractivity contribution in [3.63, 3.8) is 0 Å². The van der Waals surface area contributed by atoms with Crippen molar-refractivity contribution in [3.05, 3.63) is 0 Å². The van der Waals surface area contributed by atoms with E-state index >= 15 is 0 Å². The fourth-order valence-corrected chi connectivity index (χ4v) is 1.49. The molecule has 1 N–H and O–H groups in total. The Hall–Kier alpha value is 0.270. The molecule has 0 rings (SSSR count). The molecule has 0 saturated carbocycles. The van der Waals surface area contributed by atoms with Gasteiger partial charge in [0.25, 0.3) is 0 Å². The van der Waals surface area contributed by atoms with Gasteiger partial charge in [0.15, 0.2) is 0 Å². The summed E-state index contributed by atoms with van der Waals surface area (Å²) in [5, 5.41) is 3.45. The zero-order chi connectivity index (χ0) is 10.3. The third kappa shape index (κ3) is 7.35. The van der Waals surface area contributed by atoms with Gasteiger partial charge >= 0.3 is 0 Å². The van der Waals surface area contributed by atoms with Crippen molar-refractivity contribution < 1.29 is 0 Å². The predicted octanol–water partition coefficient (Wildman–Crippen LogP) is 1.67. The lowest BCUT2D eigenvalue weighted by molar-refractivity contribution is 0.261. The molecule has 0 aliphatic carbocycles. The molecule has 80 valence electrons. The second-order valence-corrected chi connectivity index (χ2v) is 4.87. The van der Waals surface area contributed by atoms with Crippen LogP contribution in [0.4, 0.5) is 0 Å². The predicted molar refractivity (Wildman–Crippen MR) is 63.6 cm³/mol. The van der Waals surface area contributed by atoms with Crippen molar-refractivity contribution >= 4 is 11.8 Å². The Balaban J connectivity index is 3.50. The average Bonchev–Trinajstić information content (AvgIpc) is 2.10. The second kappa shape index (κ2) is 7.65. The Kier molecular flexibility index (Phi) is 7.81. The summed E-state index contributed by atoms with van der Waals surface area (Å²) in [6.07, 6.45) is 2.16. The zero-order valence-corrected chi connectivity index (χ0v) is 10.4. The molecule has 0 aromatic rings. The lowest BCUT2D eigenvalue weighted by Crippen LogP contribution is -2.41. The number of hydrogen-bond acceptors (Lipinski definition) is 3. The number of thioether (sulfide) groups is 1. The lowest BCUT2D eigenvalue weighted by atomic mass is 10.2. The van der Waals surface area contributed by atoms with E-state index in [1.165, 1.54) is 12.3 Å². The molecule has 0 aliphatic rings. The van der Waals surface area contributed by atoms with E-state index in [0.29, 0.717) is 12.1 Å². The van der Waals surface area contributed by atoms with E-state index in [0.717, 1.165) is 6.54 Å². The van der Waals surface area contributed by atoms with Crippen LogP contribution in [0.5, 0.6) is 0 Å². The van der Waals surface area contributed by atoms with Crippen LogP contribution in [0.1, 0.15) is 20.8 Å². The van der Waals surface area contributed by atoms with E-state index in [9.17, 15) is 0 Å². The van der Waals surface area contributed by atoms with E-state index in [1.54, 1.807) is 0 Å². The smallest absolute Gasteiger partial charge is 0.0189 e. The largest absolute Gasteiger partial charge is 0.313 e. The van der Waals surface area contributed by atoms with Crippen LogP contribution in [0, 0.1) is 0 Å². The highest BCUT2D eigenvalue weighted by atomic mass is 32.2. The van der Waals surface area contributed by atoms with E-state index in [1.807, 2.05) is 11.8 Å². The van der Waals surface area contributed by atoms with E-state index in [4.69, 9.17) is 0 Å². The highest BCUT2D eigenvalue weighted by Gasteiger charge is 2.07. The van der Waals surface area contributed by atoms with Gasteiger partial charge in [0.05, 0.1) is 0 Å². The van der Waals surface area contributed by atoms with E-state index < -0.39 is 0 Å². The minimum absolute atomic E-state index is 0.594. The maximum atomic E-state index is 3.45. The number of nitrogens with one attached hydrogen (secondary N) is 1. The minimum atomic E-state index is 0.594. The molecule has 3 heteroatoms. The Labute approximate surface area is 87.5 Å². The number of likely N-dealkylation sites (N-methyl/N-ethyl adjacent to an activating group) is 1. The molecular formula is C10H24N2S. The monoisotopic (exact) mass is 204 g/mol. The number of rotatable bonds is 7. The van der Waals surface area contributed by atoms with Crippen molar-refractivity contribution in [2.45, 2.75) is 32.9 Å². The Bertz CT molecular complexity index is 117. The summed E-state index contributed by atoms with van der Waals surface area (Å²) in [7, 11) is 2.20. The normalized spacial score (nSPS) is 14.1. The maximum absolute atomic E-state index is 3.45. The summed E-state index contributed by atoms with van der Waals surface area (Å²) in [6, 6.07) is 1.23. The SMILES string of the molecule is CSCCN(C)C(C)CNC(C)C. The fraction of sp³-hybridized carbons (Fsp3) is 1.00. The molecule has 0 aromatic carbocycles. The molecule has 1 unspecified atom stereocenters. The van der Waals surface area contributed by atoms with Gasteiger partial charge in [-0.15, -0.1) is 0 Å². The van der Waals surface area contributed by atoms with Crippen molar-refractivity contribution in [1.82, 2.24) is 10.2 Å². The summed E-state index contributed by atoms with van der Waals surface area (Å²) in [5.74, 6) is 1.22. The van der Waals surface area contributed by atoms with Crippen molar-refractivity contribution in [2.24, 2.45) is 0 Å². The molecule has 0 fully saturated rings. The third-order valence-electron chi connectivity index (χ3n) is 2.22. The first kappa shape index (κ1) is 13.3. The van der Waals surface area contributed by atoms with Crippen LogP contribution in [0.15, 0.2) is 0 Å². The lowest BCUT2D eigenvalue weighted by Gasteiger charge is -2.25. The molecule has 0 amide bonds. The van der Waals surface area contributed by atoms with Gasteiger partial charge in [-0.25, -0.2) is 0 Å². The van der Waals surface area contributed by atoms with Gasteiger partial charge in [-0.2, -0.15) is 11.8 Å². The molecule has 0 bridgehead atoms. The van der Waals surface area contributed by atoms with Crippen LogP contribution in [0.2, 0.25) is 0 Å². The highest BCUT2D eigenvalue weighted by Crippen LogP contribution is 1.98. The quantitative estimate of drug-likeness (QED) is 0.679. The molecule has 0 heterocycles. The average molecular weight is 204 g/mol. The van der Waals surface area contributed by atoms with Crippen LogP contribution in [0.25, 0.3) is 0 Å². The first-order valence-electron chi connectivity index (χ1n) is 5.00. The van der Waals surface area contributed by atoms with Crippen LogP contribution >= 0.6 is 11.8 Å². The molecule has 13 heavy (non-hydrogen) atoms. The molecule has 1 atom stereocenters. The van der Waals surface area contributed by atoms with Crippen molar-refractivity contribution in [2.75, 3.05) is 32.1 Å². The number of hydrogen-bond donors (Lipinski definition) is 1. The first-order valence-corrected chi connectivity index (χ1v) is 6.39. The second-order valence-electron chi connectivity index (χ2n) is 3.89. The molecular weight excluding hydrogens is 180 g/mol. The molecule has 0 radical (unpaired) electrons. The molecule has 0 aliphatic heterocycles. The molecule has 2 nitrogen and oxygen atoms in total. The van der Waals surface area contributed by atoms with Gasteiger partial charge in [0, 0.05) is 30.9 Å². The molecule has 0 saturated heterocycles. The third-order valence-corrected chi connectivity index (χ3v) is 2.81. The summed E-state index contributed by atoms with van der Waals surface area (Å²) < 4.78 is 0. The van der Waals surface area contributed by atoms with Crippen molar-refractivity contribution in [3.8, 4) is 0 Å². The minimum Gasteiger partial charge on any atom is -0.313 e. The highest BCUT2D eigenvalue weighted by molar-refractivity contribution is 7.98. The van der Waals surface area contributed by atoms with Crippen LogP contribution < -0.4 is 5.32 Å². The van der Waals surface area contributed by atoms with Gasteiger partial charge in [0.2, 0.25) is 0 Å². The topological polar surface area (TPSA) is 15.3 Å². The van der Waals surface area contributed by atoms with Gasteiger partial charge in [-0.05, 0) is 20.2 Å². The summed E-state index contributed by atoms with van der Waals surface area (Å²) in [6.45, 7) is 8.92. The van der Waals surface area contributed by atoms with Crippen molar-refractivity contribution in [1.29, 1.82) is 0 Å². The van der Waals surface area contributed by atoms with Crippen LogP contribution in [-0.2, 0) is 0 Å². The number of nitrogens with zero attached hydrogens (tertiary/aromatic N) is 1. The van der Waals surface area contributed by atoms with Gasteiger partial charge < -0.3 is 10.2 Å². The standard InChI is InChI=1S/C10H24N2S/c1-9(2)11-8-10(3)12(4)6-7-13-5/h9-11H,6-8H2,1-5H3. The Morgan fingerprint density at radius 1 is 1.31 bits per heavy atom. The van der Waals surface area contributed by atoms with Crippen LogP contribution in [0.3, 0.4) is 0 Å². The molecule has 0 aromatic heterocycles. The zero-order valence-electron chi connectivity index (χ0n) is 9.63. The van der Waals surface area contributed by atoms with E-state index in [-0.39, 0.29) is 0 Å². The Morgan fingerprint density at radius 2 is 1.92 bits per heavy atom. The summed E-state index contributed by atoms with van der Waals surface area (Å²) in [4.78, 5) is 2.41.